The molecule has 2 bridgehead atoms. The maximum Gasteiger partial charge on any atom is 0.261 e. The fourth-order valence-electron chi connectivity index (χ4n) is 5.12. The van der Waals surface area contributed by atoms with Gasteiger partial charge in [0.1, 0.15) is 0 Å². The Kier molecular flexibility index (Phi) is 4.69. The highest BCUT2D eigenvalue weighted by Gasteiger charge is 2.62. The van der Waals surface area contributed by atoms with E-state index in [0.29, 0.717) is 23.4 Å². The third kappa shape index (κ3) is 3.34. The van der Waals surface area contributed by atoms with Crippen LogP contribution in [0.3, 0.4) is 0 Å². The minimum Gasteiger partial charge on any atom is -0.370 e. The number of thiophene rings is 1. The van der Waals surface area contributed by atoms with Gasteiger partial charge in [-0.2, -0.15) is 0 Å². The zero-order valence-electron chi connectivity index (χ0n) is 16.5. The van der Waals surface area contributed by atoms with E-state index in [9.17, 15) is 4.79 Å². The third-order valence-electron chi connectivity index (χ3n) is 6.60. The molecule has 3 fully saturated rings. The first kappa shape index (κ1) is 18.5. The van der Waals surface area contributed by atoms with Crippen molar-refractivity contribution in [3.8, 4) is 0 Å². The first-order valence-electron chi connectivity index (χ1n) is 10.00. The molecule has 26 heavy (non-hydrogen) atoms. The molecule has 5 heteroatoms. The zero-order chi connectivity index (χ0) is 18.5. The normalized spacial score (nSPS) is 33.6. The molecule has 3 saturated heterocycles. The molecule has 1 aromatic heterocycles. The lowest BCUT2D eigenvalue weighted by atomic mass is 9.73. The van der Waals surface area contributed by atoms with Gasteiger partial charge in [-0.15, -0.1) is 11.3 Å². The van der Waals surface area contributed by atoms with E-state index in [0.717, 1.165) is 43.0 Å². The number of aryl methyl sites for hydroxylation is 1. The average molecular weight is 377 g/mol. The Morgan fingerprint density at radius 1 is 1.46 bits per heavy atom. The summed E-state index contributed by atoms with van der Waals surface area (Å²) >= 11 is 1.53. The number of fused-ring (bicyclic) bond motifs is 1. The van der Waals surface area contributed by atoms with E-state index in [1.165, 1.54) is 24.2 Å². The molecular weight excluding hydrogens is 344 g/mol. The van der Waals surface area contributed by atoms with Gasteiger partial charge in [-0.05, 0) is 55.2 Å². The highest BCUT2D eigenvalue weighted by molar-refractivity contribution is 7.12. The Balaban J connectivity index is 1.38. The number of carbonyl (C=O) groups excluding carboxylic acids is 1. The third-order valence-corrected chi connectivity index (χ3v) is 7.61. The highest BCUT2D eigenvalue weighted by atomic mass is 32.1. The number of likely N-dealkylation sites (tertiary alicyclic amines) is 1. The van der Waals surface area contributed by atoms with Crippen molar-refractivity contribution < 1.29 is 9.53 Å². The maximum absolute atomic E-state index is 12.5. The van der Waals surface area contributed by atoms with Gasteiger partial charge in [0.15, 0.2) is 0 Å². The lowest BCUT2D eigenvalue weighted by Gasteiger charge is -2.29. The molecule has 4 heterocycles. The van der Waals surface area contributed by atoms with Crippen LogP contribution in [0.4, 0.5) is 0 Å². The Hall–Kier alpha value is -0.910. The lowest BCUT2D eigenvalue weighted by molar-refractivity contribution is 0.00207. The van der Waals surface area contributed by atoms with Gasteiger partial charge in [-0.3, -0.25) is 4.79 Å². The van der Waals surface area contributed by atoms with Crippen LogP contribution in [0.2, 0.25) is 0 Å². The summed E-state index contributed by atoms with van der Waals surface area (Å²) in [5.74, 6) is 1.12. The van der Waals surface area contributed by atoms with Crippen LogP contribution in [-0.2, 0) is 4.74 Å². The molecule has 0 radical (unpaired) electrons. The minimum atomic E-state index is 0.0663. The van der Waals surface area contributed by atoms with E-state index in [1.54, 1.807) is 0 Å². The molecular formula is C21H32N2O2S. The summed E-state index contributed by atoms with van der Waals surface area (Å²) in [5, 5.41) is 5.20. The standard InChI is InChI=1S/C21H32N2O2S/c1-14-6-10-26-18(14)19(24)22-11-15-16-12-23(9-8-20(2,3)4)13-21(16)7-5-17(15)25-21/h6,10,15-17H,5,7-9,11-13H2,1-4H3,(H,22,24)/t15-,16+,17+,21+/m0/s1. The monoisotopic (exact) mass is 376 g/mol. The number of carbonyl (C=O) groups is 1. The number of nitrogens with one attached hydrogen (secondary N) is 1. The number of nitrogens with zero attached hydrogens (tertiary/aromatic N) is 1. The van der Waals surface area contributed by atoms with Crippen LogP contribution < -0.4 is 5.32 Å². The summed E-state index contributed by atoms with van der Waals surface area (Å²) in [5.41, 5.74) is 1.51. The van der Waals surface area contributed by atoms with E-state index in [2.05, 4.69) is 31.0 Å². The van der Waals surface area contributed by atoms with Crippen LogP contribution in [0.15, 0.2) is 11.4 Å². The molecule has 4 rings (SSSR count). The molecule has 144 valence electrons. The van der Waals surface area contributed by atoms with Crippen molar-refractivity contribution in [2.24, 2.45) is 17.3 Å². The van der Waals surface area contributed by atoms with Crippen LogP contribution >= 0.6 is 11.3 Å². The van der Waals surface area contributed by atoms with E-state index in [-0.39, 0.29) is 11.5 Å². The molecule has 4 atom stereocenters. The van der Waals surface area contributed by atoms with Gasteiger partial charge >= 0.3 is 0 Å². The maximum atomic E-state index is 12.5. The van der Waals surface area contributed by atoms with Crippen molar-refractivity contribution in [2.45, 2.75) is 58.7 Å². The van der Waals surface area contributed by atoms with Gasteiger partial charge in [0, 0.05) is 31.5 Å². The largest absolute Gasteiger partial charge is 0.370 e. The van der Waals surface area contributed by atoms with Gasteiger partial charge in [0.25, 0.3) is 5.91 Å². The lowest BCUT2D eigenvalue weighted by Crippen LogP contribution is -2.41. The highest BCUT2D eigenvalue weighted by Crippen LogP contribution is 2.54. The van der Waals surface area contributed by atoms with E-state index >= 15 is 0 Å². The summed E-state index contributed by atoms with van der Waals surface area (Å²) in [6.45, 7) is 13.1. The van der Waals surface area contributed by atoms with Crippen LogP contribution in [0, 0.1) is 24.2 Å². The predicted octanol–water partition coefficient (Wildman–Crippen LogP) is 3.70. The first-order valence-corrected chi connectivity index (χ1v) is 10.9. The molecule has 0 unspecified atom stereocenters. The van der Waals surface area contributed by atoms with Crippen molar-refractivity contribution in [3.63, 3.8) is 0 Å². The molecule has 0 saturated carbocycles. The van der Waals surface area contributed by atoms with Gasteiger partial charge in [-0.25, -0.2) is 0 Å². The van der Waals surface area contributed by atoms with Crippen molar-refractivity contribution in [2.75, 3.05) is 26.2 Å². The smallest absolute Gasteiger partial charge is 0.261 e. The van der Waals surface area contributed by atoms with Gasteiger partial charge < -0.3 is 15.0 Å². The van der Waals surface area contributed by atoms with Gasteiger partial charge in [-0.1, -0.05) is 20.8 Å². The van der Waals surface area contributed by atoms with E-state index in [1.807, 2.05) is 18.4 Å². The predicted molar refractivity (Wildman–Crippen MR) is 106 cm³/mol. The second-order valence-corrected chi connectivity index (χ2v) is 10.6. The van der Waals surface area contributed by atoms with Gasteiger partial charge in [0.2, 0.25) is 0 Å². The fourth-order valence-corrected chi connectivity index (χ4v) is 5.96. The number of rotatable bonds is 5. The Morgan fingerprint density at radius 3 is 2.96 bits per heavy atom. The minimum absolute atomic E-state index is 0.0663. The molecule has 0 aromatic carbocycles. The van der Waals surface area contributed by atoms with Crippen molar-refractivity contribution in [1.29, 1.82) is 0 Å². The first-order chi connectivity index (χ1) is 12.3. The zero-order valence-corrected chi connectivity index (χ0v) is 17.3. The van der Waals surface area contributed by atoms with Crippen LogP contribution in [-0.4, -0.2) is 48.7 Å². The van der Waals surface area contributed by atoms with Crippen molar-refractivity contribution in [1.82, 2.24) is 10.2 Å². The summed E-state index contributed by atoms with van der Waals surface area (Å²) in [7, 11) is 0. The molecule has 1 amide bonds. The summed E-state index contributed by atoms with van der Waals surface area (Å²) in [6, 6.07) is 2.01. The molecule has 3 aliphatic rings. The molecule has 0 aliphatic carbocycles. The Labute approximate surface area is 161 Å². The number of hydrogen-bond donors (Lipinski definition) is 1. The quantitative estimate of drug-likeness (QED) is 0.852. The Bertz CT molecular complexity index is 680. The number of amides is 1. The van der Waals surface area contributed by atoms with E-state index in [4.69, 9.17) is 4.74 Å². The van der Waals surface area contributed by atoms with Crippen molar-refractivity contribution in [3.05, 3.63) is 21.9 Å². The molecule has 4 nitrogen and oxygen atoms in total. The fraction of sp³-hybridized carbons (Fsp3) is 0.762. The number of ether oxygens (including phenoxy) is 1. The average Bonchev–Trinajstić information content (AvgIpc) is 3.29. The van der Waals surface area contributed by atoms with Crippen LogP contribution in [0.25, 0.3) is 0 Å². The van der Waals surface area contributed by atoms with Crippen molar-refractivity contribution >= 4 is 17.2 Å². The second kappa shape index (κ2) is 6.61. The summed E-state index contributed by atoms with van der Waals surface area (Å²) < 4.78 is 6.52. The van der Waals surface area contributed by atoms with Crippen LogP contribution in [0.5, 0.6) is 0 Å². The second-order valence-electron chi connectivity index (χ2n) is 9.72. The molecule has 1 aromatic rings. The SMILES string of the molecule is Cc1ccsc1C(=O)NC[C@H]1[C@H]2CN(CCC(C)(C)C)C[C@]23CC[C@H]1O3. The molecule has 3 aliphatic heterocycles. The topological polar surface area (TPSA) is 41.6 Å². The number of hydrogen-bond acceptors (Lipinski definition) is 4. The molecule has 1 spiro atoms. The van der Waals surface area contributed by atoms with Gasteiger partial charge in [0.05, 0.1) is 16.6 Å². The molecule has 1 N–H and O–H groups in total. The summed E-state index contributed by atoms with van der Waals surface area (Å²) in [4.78, 5) is 16.0. The Morgan fingerprint density at radius 2 is 2.27 bits per heavy atom. The van der Waals surface area contributed by atoms with E-state index < -0.39 is 0 Å². The van der Waals surface area contributed by atoms with Crippen LogP contribution in [0.1, 0.15) is 55.3 Å². The summed E-state index contributed by atoms with van der Waals surface area (Å²) in [6.07, 6.45) is 3.91.